The summed E-state index contributed by atoms with van der Waals surface area (Å²) in [4.78, 5) is 14.2. The standard InChI is InChI=1S/C12H22N2O/c1-9-5-7-14(8-10(9)2)12(15)11-4-3-6-13-11/h9-11,13H,3-8H2,1-2H3/t9?,10?,11-/m1/s1. The maximum absolute atomic E-state index is 12.1. The summed E-state index contributed by atoms with van der Waals surface area (Å²) in [5.41, 5.74) is 0. The van der Waals surface area contributed by atoms with E-state index in [0.717, 1.165) is 38.4 Å². The Labute approximate surface area is 92.2 Å². The zero-order valence-electron chi connectivity index (χ0n) is 9.83. The molecule has 15 heavy (non-hydrogen) atoms. The van der Waals surface area contributed by atoms with E-state index in [9.17, 15) is 4.79 Å². The Hall–Kier alpha value is -0.570. The van der Waals surface area contributed by atoms with Crippen molar-refractivity contribution in [2.45, 2.75) is 39.2 Å². The van der Waals surface area contributed by atoms with Gasteiger partial charge in [-0.3, -0.25) is 4.79 Å². The highest BCUT2D eigenvalue weighted by atomic mass is 16.2. The number of carbonyl (C=O) groups is 1. The predicted octanol–water partition coefficient (Wildman–Crippen LogP) is 1.24. The van der Waals surface area contributed by atoms with Crippen molar-refractivity contribution in [2.24, 2.45) is 11.8 Å². The lowest BCUT2D eigenvalue weighted by molar-refractivity contribution is -0.135. The van der Waals surface area contributed by atoms with Gasteiger partial charge in [-0.25, -0.2) is 0 Å². The van der Waals surface area contributed by atoms with Crippen LogP contribution in [0.1, 0.15) is 33.1 Å². The molecule has 1 N–H and O–H groups in total. The molecule has 2 unspecified atom stereocenters. The summed E-state index contributed by atoms with van der Waals surface area (Å²) in [7, 11) is 0. The zero-order valence-corrected chi connectivity index (χ0v) is 9.83. The minimum atomic E-state index is 0.116. The molecule has 0 bridgehead atoms. The molecule has 0 aromatic rings. The van der Waals surface area contributed by atoms with Gasteiger partial charge in [0.1, 0.15) is 0 Å². The molecule has 0 aliphatic carbocycles. The number of rotatable bonds is 1. The van der Waals surface area contributed by atoms with Gasteiger partial charge in [0.2, 0.25) is 5.91 Å². The largest absolute Gasteiger partial charge is 0.341 e. The molecule has 2 rings (SSSR count). The molecular formula is C12H22N2O. The lowest BCUT2D eigenvalue weighted by Gasteiger charge is -2.36. The fourth-order valence-corrected chi connectivity index (χ4v) is 2.58. The van der Waals surface area contributed by atoms with Crippen LogP contribution in [0, 0.1) is 11.8 Å². The van der Waals surface area contributed by atoms with Gasteiger partial charge in [-0.05, 0) is 37.6 Å². The van der Waals surface area contributed by atoms with Crippen molar-refractivity contribution in [1.29, 1.82) is 0 Å². The summed E-state index contributed by atoms with van der Waals surface area (Å²) in [6.45, 7) is 7.48. The highest BCUT2D eigenvalue weighted by Gasteiger charge is 2.31. The summed E-state index contributed by atoms with van der Waals surface area (Å²) in [5.74, 6) is 1.76. The first-order valence-corrected chi connectivity index (χ1v) is 6.20. The first-order chi connectivity index (χ1) is 7.18. The highest BCUT2D eigenvalue weighted by molar-refractivity contribution is 5.82. The van der Waals surface area contributed by atoms with Crippen LogP contribution in [0.25, 0.3) is 0 Å². The SMILES string of the molecule is CC1CCN(C(=O)[C@H]2CCCN2)CC1C. The predicted molar refractivity (Wildman–Crippen MR) is 60.5 cm³/mol. The number of hydrogen-bond donors (Lipinski definition) is 1. The lowest BCUT2D eigenvalue weighted by atomic mass is 9.88. The Morgan fingerprint density at radius 1 is 1.27 bits per heavy atom. The van der Waals surface area contributed by atoms with Gasteiger partial charge in [0, 0.05) is 13.1 Å². The lowest BCUT2D eigenvalue weighted by Crippen LogP contribution is -2.49. The Kier molecular flexibility index (Phi) is 3.29. The van der Waals surface area contributed by atoms with E-state index in [-0.39, 0.29) is 6.04 Å². The van der Waals surface area contributed by atoms with Crippen LogP contribution in [0.2, 0.25) is 0 Å². The van der Waals surface area contributed by atoms with Crippen molar-refractivity contribution in [3.63, 3.8) is 0 Å². The molecule has 2 fully saturated rings. The van der Waals surface area contributed by atoms with Gasteiger partial charge in [0.15, 0.2) is 0 Å². The number of piperidine rings is 1. The summed E-state index contributed by atoms with van der Waals surface area (Å²) in [6.07, 6.45) is 3.34. The topological polar surface area (TPSA) is 32.3 Å². The van der Waals surface area contributed by atoms with E-state index in [1.807, 2.05) is 0 Å². The molecule has 1 amide bonds. The molecule has 2 saturated heterocycles. The average Bonchev–Trinajstić information content (AvgIpc) is 2.74. The fraction of sp³-hybridized carbons (Fsp3) is 0.917. The molecule has 0 aromatic heterocycles. The van der Waals surface area contributed by atoms with Crippen molar-refractivity contribution >= 4 is 5.91 Å². The van der Waals surface area contributed by atoms with E-state index in [0.29, 0.717) is 11.8 Å². The Morgan fingerprint density at radius 3 is 2.67 bits per heavy atom. The molecule has 3 atom stereocenters. The summed E-state index contributed by atoms with van der Waals surface area (Å²) < 4.78 is 0. The van der Waals surface area contributed by atoms with Crippen LogP contribution in [0.3, 0.4) is 0 Å². The van der Waals surface area contributed by atoms with Crippen LogP contribution in [0.5, 0.6) is 0 Å². The molecule has 3 heteroatoms. The molecule has 2 heterocycles. The molecule has 0 aromatic carbocycles. The average molecular weight is 210 g/mol. The fourth-order valence-electron chi connectivity index (χ4n) is 2.58. The molecule has 0 radical (unpaired) electrons. The number of likely N-dealkylation sites (tertiary alicyclic amines) is 1. The van der Waals surface area contributed by atoms with Gasteiger partial charge in [-0.2, -0.15) is 0 Å². The minimum Gasteiger partial charge on any atom is -0.341 e. The number of amides is 1. The van der Waals surface area contributed by atoms with Gasteiger partial charge in [0.05, 0.1) is 6.04 Å². The van der Waals surface area contributed by atoms with E-state index in [2.05, 4.69) is 24.1 Å². The van der Waals surface area contributed by atoms with Crippen molar-refractivity contribution in [3.8, 4) is 0 Å². The normalized spacial score (nSPS) is 36.9. The number of nitrogens with one attached hydrogen (secondary N) is 1. The molecule has 2 aliphatic heterocycles. The van der Waals surface area contributed by atoms with Crippen LogP contribution >= 0.6 is 0 Å². The van der Waals surface area contributed by atoms with Gasteiger partial charge >= 0.3 is 0 Å². The van der Waals surface area contributed by atoms with Crippen LogP contribution in [-0.2, 0) is 4.79 Å². The summed E-state index contributed by atoms with van der Waals surface area (Å²) >= 11 is 0. The maximum atomic E-state index is 12.1. The number of carbonyl (C=O) groups excluding carboxylic acids is 1. The van der Waals surface area contributed by atoms with Crippen LogP contribution in [0.15, 0.2) is 0 Å². The minimum absolute atomic E-state index is 0.116. The third kappa shape index (κ3) is 2.33. The van der Waals surface area contributed by atoms with Crippen LogP contribution in [-0.4, -0.2) is 36.5 Å². The van der Waals surface area contributed by atoms with E-state index in [1.54, 1.807) is 0 Å². The van der Waals surface area contributed by atoms with Gasteiger partial charge in [0.25, 0.3) is 0 Å². The first kappa shape index (κ1) is 10.9. The third-order valence-electron chi connectivity index (χ3n) is 4.00. The van der Waals surface area contributed by atoms with Crippen molar-refractivity contribution in [2.75, 3.05) is 19.6 Å². The third-order valence-corrected chi connectivity index (χ3v) is 4.00. The number of nitrogens with zero attached hydrogens (tertiary/aromatic N) is 1. The Bertz CT molecular complexity index is 236. The second-order valence-corrected chi connectivity index (χ2v) is 5.18. The van der Waals surface area contributed by atoms with Crippen molar-refractivity contribution < 1.29 is 4.79 Å². The van der Waals surface area contributed by atoms with Gasteiger partial charge in [-0.1, -0.05) is 13.8 Å². The summed E-state index contributed by atoms with van der Waals surface area (Å²) in [6, 6.07) is 0.116. The Morgan fingerprint density at radius 2 is 2.07 bits per heavy atom. The monoisotopic (exact) mass is 210 g/mol. The first-order valence-electron chi connectivity index (χ1n) is 6.20. The molecule has 2 aliphatic rings. The van der Waals surface area contributed by atoms with Gasteiger partial charge < -0.3 is 10.2 Å². The van der Waals surface area contributed by atoms with E-state index in [1.165, 1.54) is 6.42 Å². The molecule has 86 valence electrons. The number of hydrogen-bond acceptors (Lipinski definition) is 2. The van der Waals surface area contributed by atoms with Crippen molar-refractivity contribution in [1.82, 2.24) is 10.2 Å². The van der Waals surface area contributed by atoms with E-state index >= 15 is 0 Å². The molecule has 0 spiro atoms. The maximum Gasteiger partial charge on any atom is 0.239 e. The van der Waals surface area contributed by atoms with E-state index in [4.69, 9.17) is 0 Å². The smallest absolute Gasteiger partial charge is 0.239 e. The van der Waals surface area contributed by atoms with E-state index < -0.39 is 0 Å². The quantitative estimate of drug-likeness (QED) is 0.706. The molecule has 3 nitrogen and oxygen atoms in total. The summed E-state index contributed by atoms with van der Waals surface area (Å²) in [5, 5.41) is 3.29. The second kappa shape index (κ2) is 4.52. The van der Waals surface area contributed by atoms with Crippen molar-refractivity contribution in [3.05, 3.63) is 0 Å². The van der Waals surface area contributed by atoms with Crippen LogP contribution in [0.4, 0.5) is 0 Å². The van der Waals surface area contributed by atoms with Gasteiger partial charge in [-0.15, -0.1) is 0 Å². The molecular weight excluding hydrogens is 188 g/mol. The highest BCUT2D eigenvalue weighted by Crippen LogP contribution is 2.23. The van der Waals surface area contributed by atoms with Crippen LogP contribution < -0.4 is 5.32 Å². The zero-order chi connectivity index (χ0) is 10.8. The molecule has 0 saturated carbocycles. The Balaban J connectivity index is 1.90. The second-order valence-electron chi connectivity index (χ2n) is 5.18.